The summed E-state index contributed by atoms with van der Waals surface area (Å²) >= 11 is 0. The summed E-state index contributed by atoms with van der Waals surface area (Å²) in [6, 6.07) is 10.9. The first-order chi connectivity index (χ1) is 20.8. The normalized spacial score (nSPS) is 34.0. The number of nitro groups is 2. The molecule has 7 atom stereocenters. The van der Waals surface area contributed by atoms with E-state index in [0.29, 0.717) is 17.9 Å². The highest BCUT2D eigenvalue weighted by atomic mass is 16.6. The lowest BCUT2D eigenvalue weighted by molar-refractivity contribution is -0.385. The number of hydrogen-bond donors (Lipinski definition) is 0. The van der Waals surface area contributed by atoms with Crippen LogP contribution in [0.15, 0.2) is 60.2 Å². The van der Waals surface area contributed by atoms with Gasteiger partial charge in [-0.25, -0.2) is 9.59 Å². The molecular formula is C33H36N2O9. The zero-order chi connectivity index (χ0) is 31.4. The number of benzene rings is 2. The van der Waals surface area contributed by atoms with Gasteiger partial charge in [0, 0.05) is 36.1 Å². The molecule has 2 aromatic carbocycles. The lowest BCUT2D eigenvalue weighted by atomic mass is 9.48. The number of nitrogens with zero attached hydrogens (tertiary/aromatic N) is 2. The second-order valence-corrected chi connectivity index (χ2v) is 13.3. The Morgan fingerprint density at radius 2 is 1.45 bits per heavy atom. The average molecular weight is 605 g/mol. The predicted octanol–water partition coefficient (Wildman–Crippen LogP) is 6.60. The summed E-state index contributed by atoms with van der Waals surface area (Å²) < 4.78 is 18.5. The Morgan fingerprint density at radius 1 is 0.864 bits per heavy atom. The molecule has 0 aromatic heterocycles. The van der Waals surface area contributed by atoms with Crippen LogP contribution in [0.2, 0.25) is 0 Å². The molecule has 4 aliphatic rings. The van der Waals surface area contributed by atoms with Crippen molar-refractivity contribution in [1.82, 2.24) is 0 Å². The van der Waals surface area contributed by atoms with Gasteiger partial charge in [-0.2, -0.15) is 0 Å². The predicted molar refractivity (Wildman–Crippen MR) is 158 cm³/mol. The third-order valence-corrected chi connectivity index (χ3v) is 11.1. The van der Waals surface area contributed by atoms with Crippen molar-refractivity contribution in [1.29, 1.82) is 0 Å². The van der Waals surface area contributed by atoms with Crippen molar-refractivity contribution in [2.24, 2.45) is 22.7 Å². The summed E-state index contributed by atoms with van der Waals surface area (Å²) in [5, 5.41) is 21.9. The molecule has 44 heavy (non-hydrogen) atoms. The Bertz CT molecular complexity index is 1540. The summed E-state index contributed by atoms with van der Waals surface area (Å²) in [7, 11) is 0. The smallest absolute Gasteiger partial charge is 0.338 e. The fraction of sp³-hybridized carbons (Fsp3) is 0.515. The molecule has 6 rings (SSSR count). The maximum atomic E-state index is 13.1. The van der Waals surface area contributed by atoms with Crippen molar-refractivity contribution in [2.45, 2.75) is 77.1 Å². The monoisotopic (exact) mass is 604 g/mol. The summed E-state index contributed by atoms with van der Waals surface area (Å²) in [5.74, 6) is -0.367. The molecule has 3 aliphatic carbocycles. The molecule has 0 spiro atoms. The fourth-order valence-corrected chi connectivity index (χ4v) is 8.25. The van der Waals surface area contributed by atoms with Gasteiger partial charge >= 0.3 is 11.9 Å². The van der Waals surface area contributed by atoms with Gasteiger partial charge in [-0.3, -0.25) is 20.2 Å². The highest BCUT2D eigenvalue weighted by Crippen LogP contribution is 2.64. The number of esters is 2. The number of fused-ring (bicyclic) bond motifs is 5. The maximum Gasteiger partial charge on any atom is 0.338 e. The third kappa shape index (κ3) is 4.87. The molecule has 11 nitrogen and oxygen atoms in total. The van der Waals surface area contributed by atoms with Crippen molar-refractivity contribution in [3.8, 4) is 0 Å². The minimum absolute atomic E-state index is 0.0572. The first-order valence-corrected chi connectivity index (χ1v) is 15.1. The Hall–Kier alpha value is -4.12. The molecule has 0 unspecified atom stereocenters. The van der Waals surface area contributed by atoms with Gasteiger partial charge in [-0.05, 0) is 80.5 Å². The van der Waals surface area contributed by atoms with E-state index in [2.05, 4.69) is 19.9 Å². The Labute approximate surface area is 254 Å². The van der Waals surface area contributed by atoms with Crippen LogP contribution in [-0.2, 0) is 14.2 Å². The maximum absolute atomic E-state index is 13.1. The number of hydrogen-bond acceptors (Lipinski definition) is 9. The van der Waals surface area contributed by atoms with Gasteiger partial charge in [0.1, 0.15) is 11.7 Å². The Morgan fingerprint density at radius 3 is 2.05 bits per heavy atom. The SMILES string of the molecule is C[C@]12CC[C@@H](OC(=O)c3ccc([N+](=O)[O-])cc3)CC1=CC[C@@H]1[C@H]2CC[C@@]2(C)[C@@H]1OC[C@]2(C)OC(=O)c1ccc([N+](=O)[O-])cc1. The Balaban J connectivity index is 1.14. The molecule has 0 bridgehead atoms. The second kappa shape index (κ2) is 10.8. The Kier molecular flexibility index (Phi) is 7.34. The van der Waals surface area contributed by atoms with Crippen LogP contribution in [-0.4, -0.2) is 46.2 Å². The summed E-state index contributed by atoms with van der Waals surface area (Å²) in [4.78, 5) is 46.9. The number of non-ortho nitro benzene ring substituents is 2. The number of rotatable bonds is 6. The van der Waals surface area contributed by atoms with E-state index in [0.717, 1.165) is 32.1 Å². The fourth-order valence-electron chi connectivity index (χ4n) is 8.25. The number of carbonyl (C=O) groups excluding carboxylic acids is 2. The van der Waals surface area contributed by atoms with E-state index >= 15 is 0 Å². The molecule has 0 amide bonds. The number of carbonyl (C=O) groups is 2. The van der Waals surface area contributed by atoms with Gasteiger partial charge in [0.2, 0.25) is 0 Å². The van der Waals surface area contributed by atoms with Crippen LogP contribution in [0, 0.1) is 42.9 Å². The van der Waals surface area contributed by atoms with Crippen molar-refractivity contribution < 1.29 is 33.6 Å². The molecule has 0 N–H and O–H groups in total. The summed E-state index contributed by atoms with van der Waals surface area (Å²) in [5.41, 5.74) is 0.399. The van der Waals surface area contributed by atoms with Crippen molar-refractivity contribution >= 4 is 23.3 Å². The molecule has 1 saturated heterocycles. The topological polar surface area (TPSA) is 148 Å². The molecule has 11 heteroatoms. The second-order valence-electron chi connectivity index (χ2n) is 13.3. The van der Waals surface area contributed by atoms with Crippen LogP contribution in [0.1, 0.15) is 80.0 Å². The van der Waals surface area contributed by atoms with Crippen molar-refractivity contribution in [2.75, 3.05) is 6.61 Å². The largest absolute Gasteiger partial charge is 0.458 e. The van der Waals surface area contributed by atoms with E-state index in [4.69, 9.17) is 14.2 Å². The van der Waals surface area contributed by atoms with Crippen LogP contribution >= 0.6 is 0 Å². The average Bonchev–Trinajstić information content (AvgIpc) is 3.27. The lowest BCUT2D eigenvalue weighted by Crippen LogP contribution is -2.57. The van der Waals surface area contributed by atoms with Crippen LogP contribution < -0.4 is 0 Å². The minimum atomic E-state index is -0.851. The number of ether oxygens (including phenoxy) is 3. The highest BCUT2D eigenvalue weighted by Gasteiger charge is 2.65. The van der Waals surface area contributed by atoms with Gasteiger partial charge in [-0.1, -0.05) is 25.5 Å². The molecule has 232 valence electrons. The molecule has 2 saturated carbocycles. The zero-order valence-corrected chi connectivity index (χ0v) is 25.0. The first-order valence-electron chi connectivity index (χ1n) is 15.1. The van der Waals surface area contributed by atoms with Crippen LogP contribution in [0.4, 0.5) is 11.4 Å². The van der Waals surface area contributed by atoms with Gasteiger partial charge in [-0.15, -0.1) is 0 Å². The highest BCUT2D eigenvalue weighted by molar-refractivity contribution is 5.90. The van der Waals surface area contributed by atoms with E-state index in [-0.39, 0.29) is 47.1 Å². The van der Waals surface area contributed by atoms with E-state index in [1.165, 1.54) is 54.1 Å². The van der Waals surface area contributed by atoms with Crippen LogP contribution in [0.5, 0.6) is 0 Å². The molecule has 1 heterocycles. The standard InChI is InChI=1S/C33H36N2O9/c1-31-16-14-25(43-29(36)20-4-9-23(10-5-20)34(38)39)18-22(31)8-13-26-27(31)15-17-32(2)28(26)42-19-33(32,3)44-30(37)21-6-11-24(12-7-21)35(40)41/h4-12,25-28H,13-19H2,1-3H3/t25-,26-,27-,28-,31+,32+,33+/m1/s1. The number of nitro benzene ring substituents is 2. The molecule has 1 aliphatic heterocycles. The molecule has 0 radical (unpaired) electrons. The van der Waals surface area contributed by atoms with Gasteiger partial charge < -0.3 is 14.2 Å². The van der Waals surface area contributed by atoms with E-state index in [1.54, 1.807) is 0 Å². The van der Waals surface area contributed by atoms with Gasteiger partial charge in [0.05, 0.1) is 33.7 Å². The van der Waals surface area contributed by atoms with Gasteiger partial charge in [0.25, 0.3) is 11.4 Å². The third-order valence-electron chi connectivity index (χ3n) is 11.1. The van der Waals surface area contributed by atoms with Crippen molar-refractivity contribution in [3.05, 3.63) is 91.5 Å². The summed E-state index contributed by atoms with van der Waals surface area (Å²) in [6.07, 6.45) is 6.79. The van der Waals surface area contributed by atoms with Crippen molar-refractivity contribution in [3.63, 3.8) is 0 Å². The first kappa shape index (κ1) is 29.9. The van der Waals surface area contributed by atoms with Crippen LogP contribution in [0.25, 0.3) is 0 Å². The van der Waals surface area contributed by atoms with E-state index < -0.39 is 32.8 Å². The molecular weight excluding hydrogens is 568 g/mol. The molecule has 2 aromatic rings. The van der Waals surface area contributed by atoms with Crippen LogP contribution in [0.3, 0.4) is 0 Å². The quantitative estimate of drug-likeness (QED) is 0.154. The lowest BCUT2D eigenvalue weighted by Gasteiger charge is -2.57. The van der Waals surface area contributed by atoms with E-state index in [1.807, 2.05) is 6.92 Å². The molecule has 3 fully saturated rings. The number of allylic oxidation sites excluding steroid dienone is 1. The van der Waals surface area contributed by atoms with E-state index in [9.17, 15) is 29.8 Å². The zero-order valence-electron chi connectivity index (χ0n) is 25.0. The van der Waals surface area contributed by atoms with Gasteiger partial charge in [0.15, 0.2) is 0 Å². The minimum Gasteiger partial charge on any atom is -0.458 e. The summed E-state index contributed by atoms with van der Waals surface area (Å²) in [6.45, 7) is 6.69.